The fraction of sp³-hybridized carbons (Fsp3) is 0.938. The zero-order chi connectivity index (χ0) is 13.1. The fourth-order valence-corrected chi connectivity index (χ4v) is 5.09. The smallest absolute Gasteiger partial charge is 0.157 e. The van der Waals surface area contributed by atoms with Crippen LogP contribution in [0.25, 0.3) is 0 Å². The lowest BCUT2D eigenvalue weighted by atomic mass is 9.86. The number of aliphatic imine (C=N–C) groups is 1. The van der Waals surface area contributed by atoms with Crippen LogP contribution in [-0.4, -0.2) is 23.0 Å². The average Bonchev–Trinajstić information content (AvgIpc) is 2.64. The van der Waals surface area contributed by atoms with Gasteiger partial charge in [-0.05, 0) is 37.5 Å². The largest absolute Gasteiger partial charge is 0.362 e. The van der Waals surface area contributed by atoms with E-state index in [-0.39, 0.29) is 0 Å². The summed E-state index contributed by atoms with van der Waals surface area (Å²) in [5, 5.41) is 5.02. The number of fused-ring (bicyclic) bond motifs is 1. The zero-order valence-electron chi connectivity index (χ0n) is 12.2. The second-order valence-electron chi connectivity index (χ2n) is 6.72. The third-order valence-electron chi connectivity index (χ3n) is 5.25. The van der Waals surface area contributed by atoms with Crippen LogP contribution in [-0.2, 0) is 0 Å². The molecule has 0 bridgehead atoms. The quantitative estimate of drug-likeness (QED) is 0.728. The van der Waals surface area contributed by atoms with Crippen LogP contribution in [0.1, 0.15) is 64.7 Å². The molecule has 0 aromatic heterocycles. The minimum atomic E-state index is 0.581. The second-order valence-corrected chi connectivity index (χ2v) is 7.73. The summed E-state index contributed by atoms with van der Waals surface area (Å²) < 4.78 is 0. The highest BCUT2D eigenvalue weighted by atomic mass is 32.2. The van der Waals surface area contributed by atoms with E-state index < -0.39 is 0 Å². The molecule has 3 aliphatic rings. The van der Waals surface area contributed by atoms with Crippen molar-refractivity contribution in [2.24, 2.45) is 16.8 Å². The molecule has 108 valence electrons. The predicted molar refractivity (Wildman–Crippen MR) is 84.8 cm³/mol. The van der Waals surface area contributed by atoms with Crippen molar-refractivity contribution >= 4 is 16.9 Å². The van der Waals surface area contributed by atoms with Crippen molar-refractivity contribution in [1.29, 1.82) is 0 Å². The van der Waals surface area contributed by atoms with Crippen molar-refractivity contribution in [2.75, 3.05) is 5.75 Å². The maximum absolute atomic E-state index is 5.10. The van der Waals surface area contributed by atoms with E-state index in [0.717, 1.165) is 17.9 Å². The van der Waals surface area contributed by atoms with E-state index in [9.17, 15) is 0 Å². The monoisotopic (exact) mass is 280 g/mol. The van der Waals surface area contributed by atoms with E-state index in [1.807, 2.05) is 11.8 Å². The molecule has 4 atom stereocenters. The summed E-state index contributed by atoms with van der Waals surface area (Å²) in [4.78, 5) is 5.10. The van der Waals surface area contributed by atoms with Crippen molar-refractivity contribution in [3.05, 3.63) is 0 Å². The molecular weight excluding hydrogens is 252 g/mol. The highest BCUT2D eigenvalue weighted by molar-refractivity contribution is 8.13. The van der Waals surface area contributed by atoms with Crippen LogP contribution in [0.5, 0.6) is 0 Å². The molecule has 3 rings (SSSR count). The van der Waals surface area contributed by atoms with Crippen LogP contribution in [0, 0.1) is 11.8 Å². The summed E-state index contributed by atoms with van der Waals surface area (Å²) in [5.74, 6) is 2.99. The Labute approximate surface area is 122 Å². The molecule has 1 aliphatic heterocycles. The van der Waals surface area contributed by atoms with Crippen molar-refractivity contribution in [1.82, 2.24) is 5.32 Å². The van der Waals surface area contributed by atoms with Crippen LogP contribution < -0.4 is 5.32 Å². The van der Waals surface area contributed by atoms with Gasteiger partial charge in [-0.1, -0.05) is 50.8 Å². The number of nitrogens with zero attached hydrogens (tertiary/aromatic N) is 1. The minimum Gasteiger partial charge on any atom is -0.362 e. The first-order chi connectivity index (χ1) is 9.33. The Morgan fingerprint density at radius 1 is 1.00 bits per heavy atom. The first kappa shape index (κ1) is 13.8. The average molecular weight is 280 g/mol. The van der Waals surface area contributed by atoms with Crippen LogP contribution in [0.3, 0.4) is 0 Å². The highest BCUT2D eigenvalue weighted by Gasteiger charge is 2.31. The number of amidine groups is 1. The molecular formula is C16H28N2S. The predicted octanol–water partition coefficient (Wildman–Crippen LogP) is 4.21. The van der Waals surface area contributed by atoms with Crippen LogP contribution in [0.4, 0.5) is 0 Å². The van der Waals surface area contributed by atoms with Gasteiger partial charge in [0.1, 0.15) is 0 Å². The van der Waals surface area contributed by atoms with E-state index >= 15 is 0 Å². The molecule has 1 saturated heterocycles. The third kappa shape index (κ3) is 3.48. The van der Waals surface area contributed by atoms with Gasteiger partial charge >= 0.3 is 0 Å². The normalized spacial score (nSPS) is 42.3. The van der Waals surface area contributed by atoms with Crippen LogP contribution >= 0.6 is 11.8 Å². The second kappa shape index (κ2) is 6.51. The maximum atomic E-state index is 5.10. The zero-order valence-corrected chi connectivity index (χ0v) is 13.1. The van der Waals surface area contributed by atoms with Crippen molar-refractivity contribution in [3.63, 3.8) is 0 Å². The van der Waals surface area contributed by atoms with Crippen LogP contribution in [0.15, 0.2) is 4.99 Å². The van der Waals surface area contributed by atoms with Gasteiger partial charge in [-0.25, -0.2) is 0 Å². The van der Waals surface area contributed by atoms with Crippen LogP contribution in [0.2, 0.25) is 0 Å². The Bertz CT molecular complexity index is 329. The first-order valence-corrected chi connectivity index (χ1v) is 9.28. The van der Waals surface area contributed by atoms with Gasteiger partial charge in [0, 0.05) is 11.8 Å². The highest BCUT2D eigenvalue weighted by Crippen LogP contribution is 2.33. The lowest BCUT2D eigenvalue weighted by molar-refractivity contribution is 0.310. The maximum Gasteiger partial charge on any atom is 0.157 e. The van der Waals surface area contributed by atoms with Crippen molar-refractivity contribution < 1.29 is 0 Å². The molecule has 4 unspecified atom stereocenters. The van der Waals surface area contributed by atoms with E-state index in [2.05, 4.69) is 12.2 Å². The third-order valence-corrected chi connectivity index (χ3v) is 6.34. The summed E-state index contributed by atoms with van der Waals surface area (Å²) >= 11 is 1.99. The standard InChI is InChI=1S/C16H28N2S/c1-12-7-3-2-4-9-14(12)17-16-18-15-10-6-5-8-13(15)11-19-16/h12-15H,2-11H2,1H3,(H,17,18). The molecule has 2 nitrogen and oxygen atoms in total. The number of nitrogens with one attached hydrogen (secondary N) is 1. The Morgan fingerprint density at radius 2 is 1.79 bits per heavy atom. The summed E-state index contributed by atoms with van der Waals surface area (Å²) in [6, 6.07) is 1.31. The summed E-state index contributed by atoms with van der Waals surface area (Å²) in [7, 11) is 0. The van der Waals surface area contributed by atoms with Crippen molar-refractivity contribution in [2.45, 2.75) is 76.8 Å². The molecule has 2 aliphatic carbocycles. The summed E-state index contributed by atoms with van der Waals surface area (Å²) in [5.41, 5.74) is 0. The molecule has 2 saturated carbocycles. The topological polar surface area (TPSA) is 24.4 Å². The van der Waals surface area contributed by atoms with Gasteiger partial charge in [0.25, 0.3) is 0 Å². The Morgan fingerprint density at radius 3 is 2.74 bits per heavy atom. The van der Waals surface area contributed by atoms with Crippen molar-refractivity contribution in [3.8, 4) is 0 Å². The van der Waals surface area contributed by atoms with E-state index in [1.165, 1.54) is 68.7 Å². The molecule has 3 fully saturated rings. The Kier molecular flexibility index (Phi) is 4.73. The number of hydrogen-bond acceptors (Lipinski definition) is 2. The molecule has 19 heavy (non-hydrogen) atoms. The van der Waals surface area contributed by atoms with Gasteiger partial charge in [-0.3, -0.25) is 4.99 Å². The molecule has 0 aromatic carbocycles. The summed E-state index contributed by atoms with van der Waals surface area (Å²) in [6.07, 6.45) is 12.5. The molecule has 1 heterocycles. The van der Waals surface area contributed by atoms with E-state index in [1.54, 1.807) is 0 Å². The van der Waals surface area contributed by atoms with Gasteiger partial charge in [-0.2, -0.15) is 0 Å². The molecule has 3 heteroatoms. The number of thioether (sulfide) groups is 1. The van der Waals surface area contributed by atoms with Gasteiger partial charge in [-0.15, -0.1) is 0 Å². The molecule has 1 N–H and O–H groups in total. The first-order valence-electron chi connectivity index (χ1n) is 8.30. The minimum absolute atomic E-state index is 0.581. The molecule has 0 radical (unpaired) electrons. The van der Waals surface area contributed by atoms with Gasteiger partial charge in [0.15, 0.2) is 5.17 Å². The lowest BCUT2D eigenvalue weighted by Gasteiger charge is -2.37. The number of rotatable bonds is 1. The Hall–Kier alpha value is -0.180. The van der Waals surface area contributed by atoms with Gasteiger partial charge in [0.2, 0.25) is 0 Å². The number of hydrogen-bond donors (Lipinski definition) is 1. The SMILES string of the molecule is CC1CCCCCC1N=C1NC2CCCCC2CS1. The summed E-state index contributed by atoms with van der Waals surface area (Å²) in [6.45, 7) is 2.40. The Balaban J connectivity index is 1.62. The molecule has 0 aromatic rings. The van der Waals surface area contributed by atoms with Gasteiger partial charge < -0.3 is 5.32 Å². The van der Waals surface area contributed by atoms with E-state index in [4.69, 9.17) is 4.99 Å². The molecule has 0 amide bonds. The fourth-order valence-electron chi connectivity index (χ4n) is 3.87. The van der Waals surface area contributed by atoms with Gasteiger partial charge in [0.05, 0.1) is 6.04 Å². The molecule has 0 spiro atoms. The lowest BCUT2D eigenvalue weighted by Crippen LogP contribution is -2.46. The van der Waals surface area contributed by atoms with E-state index in [0.29, 0.717) is 6.04 Å².